The summed E-state index contributed by atoms with van der Waals surface area (Å²) in [5.74, 6) is 0.983. The molecule has 1 unspecified atom stereocenters. The van der Waals surface area contributed by atoms with Crippen molar-refractivity contribution >= 4 is 17.5 Å². The van der Waals surface area contributed by atoms with Crippen molar-refractivity contribution in [1.29, 1.82) is 0 Å². The van der Waals surface area contributed by atoms with Gasteiger partial charge in [-0.15, -0.1) is 0 Å². The highest BCUT2D eigenvalue weighted by Gasteiger charge is 2.37. The monoisotopic (exact) mass is 333 g/mol. The summed E-state index contributed by atoms with van der Waals surface area (Å²) in [6, 6.07) is 5.34. The van der Waals surface area contributed by atoms with E-state index >= 15 is 0 Å². The first kappa shape index (κ1) is 16.6. The molecule has 7 heteroatoms. The second-order valence-electron chi connectivity index (χ2n) is 6.05. The van der Waals surface area contributed by atoms with E-state index in [0.717, 1.165) is 13.1 Å². The van der Waals surface area contributed by atoms with Gasteiger partial charge >= 0.3 is 0 Å². The molecule has 130 valence electrons. The Balaban J connectivity index is 1.76. The lowest BCUT2D eigenvalue weighted by molar-refractivity contribution is -0.136. The van der Waals surface area contributed by atoms with E-state index in [4.69, 9.17) is 9.47 Å². The van der Waals surface area contributed by atoms with Crippen LogP contribution in [0.15, 0.2) is 18.2 Å². The molecule has 0 radical (unpaired) electrons. The van der Waals surface area contributed by atoms with Crippen LogP contribution in [0.5, 0.6) is 11.5 Å². The molecule has 1 aromatic rings. The number of rotatable bonds is 4. The van der Waals surface area contributed by atoms with Crippen LogP contribution >= 0.6 is 0 Å². The lowest BCUT2D eigenvalue weighted by Crippen LogP contribution is -2.48. The Bertz CT molecular complexity index is 606. The SMILES string of the molecule is COc1cc(OC)cc(N2CC(C(=O)N3CCNCC3)CC2=O)c1. The number of carbonyl (C=O) groups excluding carboxylic acids is 2. The van der Waals surface area contributed by atoms with E-state index in [2.05, 4.69) is 5.32 Å². The molecule has 1 atom stereocenters. The Kier molecular flexibility index (Phi) is 4.89. The molecule has 2 heterocycles. The molecular formula is C17H23N3O4. The summed E-state index contributed by atoms with van der Waals surface area (Å²) >= 11 is 0. The van der Waals surface area contributed by atoms with Gasteiger partial charge in [0.2, 0.25) is 11.8 Å². The van der Waals surface area contributed by atoms with Gasteiger partial charge in [0, 0.05) is 57.3 Å². The predicted molar refractivity (Wildman–Crippen MR) is 89.5 cm³/mol. The van der Waals surface area contributed by atoms with Crippen molar-refractivity contribution in [2.75, 3.05) is 51.8 Å². The van der Waals surface area contributed by atoms with Gasteiger partial charge in [-0.05, 0) is 0 Å². The lowest BCUT2D eigenvalue weighted by Gasteiger charge is -2.29. The van der Waals surface area contributed by atoms with Crippen LogP contribution in [-0.4, -0.2) is 63.7 Å². The van der Waals surface area contributed by atoms with Crippen LogP contribution in [0.2, 0.25) is 0 Å². The van der Waals surface area contributed by atoms with Crippen molar-refractivity contribution in [3.8, 4) is 11.5 Å². The first-order valence-electron chi connectivity index (χ1n) is 8.15. The summed E-state index contributed by atoms with van der Waals surface area (Å²) in [6.45, 7) is 3.43. The van der Waals surface area contributed by atoms with Gasteiger partial charge in [0.05, 0.1) is 25.8 Å². The Morgan fingerprint density at radius 3 is 2.33 bits per heavy atom. The van der Waals surface area contributed by atoms with Crippen molar-refractivity contribution < 1.29 is 19.1 Å². The number of nitrogens with zero attached hydrogens (tertiary/aromatic N) is 2. The molecule has 2 amide bonds. The van der Waals surface area contributed by atoms with Crippen molar-refractivity contribution in [2.24, 2.45) is 5.92 Å². The molecule has 0 aliphatic carbocycles. The Morgan fingerprint density at radius 1 is 1.12 bits per heavy atom. The smallest absolute Gasteiger partial charge is 0.228 e. The zero-order valence-electron chi connectivity index (χ0n) is 14.1. The fourth-order valence-electron chi connectivity index (χ4n) is 3.21. The first-order valence-corrected chi connectivity index (χ1v) is 8.15. The van der Waals surface area contributed by atoms with Gasteiger partial charge in [-0.1, -0.05) is 0 Å². The third kappa shape index (κ3) is 3.31. The summed E-state index contributed by atoms with van der Waals surface area (Å²) in [5.41, 5.74) is 0.701. The van der Waals surface area contributed by atoms with Crippen LogP contribution in [-0.2, 0) is 9.59 Å². The van der Waals surface area contributed by atoms with E-state index in [1.54, 1.807) is 37.3 Å². The van der Waals surface area contributed by atoms with Gasteiger partial charge in [-0.3, -0.25) is 9.59 Å². The number of nitrogens with one attached hydrogen (secondary N) is 1. The largest absolute Gasteiger partial charge is 0.497 e. The van der Waals surface area contributed by atoms with Gasteiger partial charge in [0.1, 0.15) is 11.5 Å². The minimum atomic E-state index is -0.284. The summed E-state index contributed by atoms with van der Waals surface area (Å²) in [7, 11) is 3.14. The molecule has 24 heavy (non-hydrogen) atoms. The van der Waals surface area contributed by atoms with E-state index in [-0.39, 0.29) is 24.2 Å². The minimum Gasteiger partial charge on any atom is -0.497 e. The van der Waals surface area contributed by atoms with Crippen LogP contribution in [0.4, 0.5) is 5.69 Å². The van der Waals surface area contributed by atoms with Crippen molar-refractivity contribution in [2.45, 2.75) is 6.42 Å². The van der Waals surface area contributed by atoms with Crippen molar-refractivity contribution in [3.05, 3.63) is 18.2 Å². The molecule has 2 saturated heterocycles. The summed E-state index contributed by atoms with van der Waals surface area (Å²) in [6.07, 6.45) is 0.252. The van der Waals surface area contributed by atoms with Crippen LogP contribution in [0, 0.1) is 5.92 Å². The molecule has 2 fully saturated rings. The van der Waals surface area contributed by atoms with Crippen LogP contribution in [0.1, 0.15) is 6.42 Å². The molecule has 0 bridgehead atoms. The minimum absolute atomic E-state index is 0.0428. The molecule has 0 spiro atoms. The van der Waals surface area contributed by atoms with Crippen LogP contribution < -0.4 is 19.7 Å². The normalized spacial score (nSPS) is 21.1. The zero-order chi connectivity index (χ0) is 17.1. The van der Waals surface area contributed by atoms with Crippen molar-refractivity contribution in [3.63, 3.8) is 0 Å². The number of hydrogen-bond donors (Lipinski definition) is 1. The van der Waals surface area contributed by atoms with Gasteiger partial charge in [-0.25, -0.2) is 0 Å². The van der Waals surface area contributed by atoms with E-state index in [9.17, 15) is 9.59 Å². The average Bonchev–Trinajstić information content (AvgIpc) is 3.03. The number of carbonyl (C=O) groups is 2. The molecule has 1 N–H and O–H groups in total. The number of hydrogen-bond acceptors (Lipinski definition) is 5. The maximum atomic E-state index is 12.6. The van der Waals surface area contributed by atoms with E-state index in [1.807, 2.05) is 4.90 Å². The molecule has 0 aromatic heterocycles. The van der Waals surface area contributed by atoms with Crippen LogP contribution in [0.25, 0.3) is 0 Å². The number of amides is 2. The number of piperazine rings is 1. The van der Waals surface area contributed by atoms with E-state index in [0.29, 0.717) is 36.8 Å². The van der Waals surface area contributed by atoms with E-state index in [1.165, 1.54) is 0 Å². The summed E-state index contributed by atoms with van der Waals surface area (Å²) < 4.78 is 10.5. The van der Waals surface area contributed by atoms with Gasteiger partial charge in [-0.2, -0.15) is 0 Å². The molecule has 0 saturated carbocycles. The average molecular weight is 333 g/mol. The lowest BCUT2D eigenvalue weighted by atomic mass is 10.1. The highest BCUT2D eigenvalue weighted by Crippen LogP contribution is 2.32. The van der Waals surface area contributed by atoms with Crippen molar-refractivity contribution in [1.82, 2.24) is 10.2 Å². The van der Waals surface area contributed by atoms with E-state index < -0.39 is 0 Å². The van der Waals surface area contributed by atoms with Crippen LogP contribution in [0.3, 0.4) is 0 Å². The fourth-order valence-corrected chi connectivity index (χ4v) is 3.21. The number of ether oxygens (including phenoxy) is 2. The number of benzene rings is 1. The number of anilines is 1. The molecule has 1 aromatic carbocycles. The maximum Gasteiger partial charge on any atom is 0.228 e. The third-order valence-corrected chi connectivity index (χ3v) is 4.55. The summed E-state index contributed by atoms with van der Waals surface area (Å²) in [4.78, 5) is 28.6. The third-order valence-electron chi connectivity index (χ3n) is 4.55. The highest BCUT2D eigenvalue weighted by atomic mass is 16.5. The zero-order valence-corrected chi connectivity index (χ0v) is 14.1. The second kappa shape index (κ2) is 7.09. The quantitative estimate of drug-likeness (QED) is 0.868. The first-order chi connectivity index (χ1) is 11.6. The summed E-state index contributed by atoms with van der Waals surface area (Å²) in [5, 5.41) is 3.23. The molecule has 2 aliphatic heterocycles. The Labute approximate surface area is 141 Å². The van der Waals surface area contributed by atoms with Gasteiger partial charge in [0.25, 0.3) is 0 Å². The predicted octanol–water partition coefficient (Wildman–Crippen LogP) is 0.489. The fraction of sp³-hybridized carbons (Fsp3) is 0.529. The van der Waals surface area contributed by atoms with Gasteiger partial charge < -0.3 is 24.6 Å². The molecule has 2 aliphatic rings. The Hall–Kier alpha value is -2.28. The second-order valence-corrected chi connectivity index (χ2v) is 6.05. The standard InChI is InChI=1S/C17H23N3O4/c1-23-14-8-13(9-15(10-14)24-2)20-11-12(7-16(20)21)17(22)19-5-3-18-4-6-19/h8-10,12,18H,3-7,11H2,1-2H3. The molecule has 3 rings (SSSR count). The highest BCUT2D eigenvalue weighted by molar-refractivity contribution is 6.00. The number of methoxy groups -OCH3 is 2. The van der Waals surface area contributed by atoms with Gasteiger partial charge in [0.15, 0.2) is 0 Å². The maximum absolute atomic E-state index is 12.6. The molecular weight excluding hydrogens is 310 g/mol. The molecule has 7 nitrogen and oxygen atoms in total. The Morgan fingerprint density at radius 2 is 1.75 bits per heavy atom. The topological polar surface area (TPSA) is 71.1 Å².